The van der Waals surface area contributed by atoms with Gasteiger partial charge in [0.05, 0.1) is 11.1 Å². The van der Waals surface area contributed by atoms with Crippen molar-refractivity contribution in [3.8, 4) is 22.6 Å². The largest absolute Gasteiger partial charge is 0.456 e. The smallest absolute Gasteiger partial charge is 0.227 e. The highest BCUT2D eigenvalue weighted by atomic mass is 16.4. The maximum Gasteiger partial charge on any atom is 0.227 e. The Bertz CT molecular complexity index is 2820. The highest BCUT2D eigenvalue weighted by Crippen LogP contribution is 2.46. The third kappa shape index (κ3) is 4.49. The molecule has 0 spiro atoms. The first-order chi connectivity index (χ1) is 24.3. The number of anilines is 3. The third-order valence-corrected chi connectivity index (χ3v) is 9.47. The van der Waals surface area contributed by atoms with Gasteiger partial charge < -0.3 is 13.7 Å². The van der Waals surface area contributed by atoms with Crippen molar-refractivity contribution < 1.29 is 8.83 Å². The molecule has 2 heterocycles. The molecule has 0 fully saturated rings. The second kappa shape index (κ2) is 11.0. The van der Waals surface area contributed by atoms with Crippen LogP contribution in [0.1, 0.15) is 0 Å². The van der Waals surface area contributed by atoms with Gasteiger partial charge in [-0.25, -0.2) is 4.98 Å². The van der Waals surface area contributed by atoms with Crippen LogP contribution in [0, 0.1) is 0 Å². The fraction of sp³-hybridized carbons (Fsp3) is 0. The quantitative estimate of drug-likeness (QED) is 0.178. The fourth-order valence-electron chi connectivity index (χ4n) is 7.13. The molecule has 0 bridgehead atoms. The van der Waals surface area contributed by atoms with Crippen molar-refractivity contribution in [2.45, 2.75) is 0 Å². The maximum atomic E-state index is 6.78. The van der Waals surface area contributed by atoms with E-state index in [4.69, 9.17) is 13.8 Å². The van der Waals surface area contributed by atoms with Gasteiger partial charge in [0.2, 0.25) is 5.89 Å². The van der Waals surface area contributed by atoms with Gasteiger partial charge in [-0.1, -0.05) is 121 Å². The molecular weight excluding hydrogens is 601 g/mol. The van der Waals surface area contributed by atoms with E-state index in [1.807, 2.05) is 54.6 Å². The number of benzene rings is 8. The van der Waals surface area contributed by atoms with E-state index in [-0.39, 0.29) is 0 Å². The molecule has 0 aliphatic rings. The van der Waals surface area contributed by atoms with Crippen LogP contribution < -0.4 is 4.90 Å². The minimum atomic E-state index is 0.569. The van der Waals surface area contributed by atoms with Crippen LogP contribution in [0.3, 0.4) is 0 Å². The van der Waals surface area contributed by atoms with Gasteiger partial charge in [0, 0.05) is 28.4 Å². The third-order valence-electron chi connectivity index (χ3n) is 9.47. The van der Waals surface area contributed by atoms with Crippen LogP contribution in [0.15, 0.2) is 179 Å². The Balaban J connectivity index is 1.26. The van der Waals surface area contributed by atoms with E-state index in [0.29, 0.717) is 11.5 Å². The Morgan fingerprint density at radius 1 is 0.429 bits per heavy atom. The second-order valence-corrected chi connectivity index (χ2v) is 12.4. The van der Waals surface area contributed by atoms with Gasteiger partial charge in [-0.05, 0) is 75.1 Å². The number of hydrogen-bond donors (Lipinski definition) is 0. The highest BCUT2D eigenvalue weighted by molar-refractivity contribution is 6.20. The Labute approximate surface area is 282 Å². The highest BCUT2D eigenvalue weighted by Gasteiger charge is 2.25. The van der Waals surface area contributed by atoms with Crippen molar-refractivity contribution >= 4 is 71.6 Å². The van der Waals surface area contributed by atoms with Gasteiger partial charge in [0.1, 0.15) is 16.7 Å². The monoisotopic (exact) mass is 628 g/mol. The first kappa shape index (κ1) is 27.5. The summed E-state index contributed by atoms with van der Waals surface area (Å²) < 4.78 is 13.3. The van der Waals surface area contributed by atoms with Crippen molar-refractivity contribution in [3.05, 3.63) is 170 Å². The lowest BCUT2D eigenvalue weighted by Gasteiger charge is -2.26. The zero-order chi connectivity index (χ0) is 32.3. The van der Waals surface area contributed by atoms with Gasteiger partial charge >= 0.3 is 0 Å². The van der Waals surface area contributed by atoms with E-state index in [1.165, 1.54) is 21.7 Å². The van der Waals surface area contributed by atoms with Gasteiger partial charge in [-0.3, -0.25) is 0 Å². The molecule has 10 rings (SSSR count). The summed E-state index contributed by atoms with van der Waals surface area (Å²) in [6.45, 7) is 0. The van der Waals surface area contributed by atoms with Gasteiger partial charge in [0.15, 0.2) is 5.58 Å². The molecule has 49 heavy (non-hydrogen) atoms. The standard InChI is InChI=1S/C45H28N2O2/c1-3-11-29(12-4-1)30-21-23-34(24-22-30)47(35-25-26-37-33(27-35)20-19-31-13-7-8-16-36(31)37)39-28-41-42(38-17-9-10-18-40(38)48-41)43-44(39)49-45(46-43)32-14-5-2-6-15-32/h1-28H. The Morgan fingerprint density at radius 3 is 1.88 bits per heavy atom. The number of nitrogens with zero attached hydrogens (tertiary/aromatic N) is 2. The summed E-state index contributed by atoms with van der Waals surface area (Å²) in [5, 5.41) is 6.79. The number of rotatable bonds is 5. The SMILES string of the molecule is c1ccc(-c2ccc(N(c3ccc4c(ccc5ccccc54)c3)c3cc4oc5ccccc5c4c4nc(-c5ccccc5)oc34)cc2)cc1. The summed E-state index contributed by atoms with van der Waals surface area (Å²) in [4.78, 5) is 7.41. The lowest BCUT2D eigenvalue weighted by atomic mass is 10.0. The van der Waals surface area contributed by atoms with E-state index < -0.39 is 0 Å². The lowest BCUT2D eigenvalue weighted by molar-refractivity contribution is 0.619. The lowest BCUT2D eigenvalue weighted by Crippen LogP contribution is -2.10. The normalized spacial score (nSPS) is 11.7. The summed E-state index contributed by atoms with van der Waals surface area (Å²) in [7, 11) is 0. The molecule has 4 nitrogen and oxygen atoms in total. The van der Waals surface area contributed by atoms with Crippen molar-refractivity contribution in [2.24, 2.45) is 0 Å². The number of aromatic nitrogens is 1. The number of hydrogen-bond acceptors (Lipinski definition) is 4. The Hall–Kier alpha value is -6.65. The molecule has 0 atom stereocenters. The fourth-order valence-corrected chi connectivity index (χ4v) is 7.13. The van der Waals surface area contributed by atoms with Crippen LogP contribution >= 0.6 is 0 Å². The first-order valence-electron chi connectivity index (χ1n) is 16.5. The van der Waals surface area contributed by atoms with Crippen LogP contribution in [-0.4, -0.2) is 4.98 Å². The van der Waals surface area contributed by atoms with Gasteiger partial charge in [-0.15, -0.1) is 0 Å². The molecule has 0 amide bonds. The van der Waals surface area contributed by atoms with Crippen molar-refractivity contribution in [3.63, 3.8) is 0 Å². The Kier molecular flexibility index (Phi) is 6.15. The molecule has 0 radical (unpaired) electrons. The number of para-hydroxylation sites is 1. The molecule has 0 aliphatic heterocycles. The van der Waals surface area contributed by atoms with Crippen LogP contribution in [0.25, 0.3) is 77.2 Å². The van der Waals surface area contributed by atoms with E-state index in [0.717, 1.165) is 61.0 Å². The molecule has 4 heteroatoms. The summed E-state index contributed by atoms with van der Waals surface area (Å²) in [6, 6.07) is 59.1. The average molecular weight is 629 g/mol. The summed E-state index contributed by atoms with van der Waals surface area (Å²) >= 11 is 0. The maximum absolute atomic E-state index is 6.78. The number of furan rings is 1. The average Bonchev–Trinajstić information content (AvgIpc) is 3.78. The molecule has 2 aromatic heterocycles. The van der Waals surface area contributed by atoms with E-state index in [1.54, 1.807) is 0 Å². The van der Waals surface area contributed by atoms with Crippen LogP contribution in [0.2, 0.25) is 0 Å². The number of fused-ring (bicyclic) bond motifs is 8. The topological polar surface area (TPSA) is 42.4 Å². The summed E-state index contributed by atoms with van der Waals surface area (Å²) in [5.41, 5.74) is 9.14. The van der Waals surface area contributed by atoms with Crippen molar-refractivity contribution in [2.75, 3.05) is 4.90 Å². The summed E-state index contributed by atoms with van der Waals surface area (Å²) in [5.74, 6) is 0.569. The number of oxazole rings is 1. The first-order valence-corrected chi connectivity index (χ1v) is 16.5. The van der Waals surface area contributed by atoms with Gasteiger partial charge in [0.25, 0.3) is 0 Å². The van der Waals surface area contributed by atoms with Crippen molar-refractivity contribution in [1.82, 2.24) is 4.98 Å². The molecular formula is C45H28N2O2. The molecule has 230 valence electrons. The van der Waals surface area contributed by atoms with Crippen LogP contribution in [-0.2, 0) is 0 Å². The van der Waals surface area contributed by atoms with Crippen molar-refractivity contribution in [1.29, 1.82) is 0 Å². The minimum absolute atomic E-state index is 0.569. The molecule has 0 saturated heterocycles. The molecule has 0 aliphatic carbocycles. The molecule has 0 N–H and O–H groups in total. The molecule has 0 saturated carbocycles. The van der Waals surface area contributed by atoms with Crippen LogP contribution in [0.5, 0.6) is 0 Å². The van der Waals surface area contributed by atoms with E-state index in [9.17, 15) is 0 Å². The zero-order valence-corrected chi connectivity index (χ0v) is 26.4. The minimum Gasteiger partial charge on any atom is -0.456 e. The predicted octanol–water partition coefficient (Wildman–Crippen LogP) is 12.8. The van der Waals surface area contributed by atoms with Gasteiger partial charge in [-0.2, -0.15) is 0 Å². The molecule has 10 aromatic rings. The molecule has 8 aromatic carbocycles. The van der Waals surface area contributed by atoms with Crippen LogP contribution in [0.4, 0.5) is 17.1 Å². The Morgan fingerprint density at radius 2 is 1.06 bits per heavy atom. The molecule has 0 unspecified atom stereocenters. The summed E-state index contributed by atoms with van der Waals surface area (Å²) in [6.07, 6.45) is 0. The van der Waals surface area contributed by atoms with E-state index in [2.05, 4.69) is 120 Å². The zero-order valence-electron chi connectivity index (χ0n) is 26.4. The predicted molar refractivity (Wildman–Crippen MR) is 202 cm³/mol. The second-order valence-electron chi connectivity index (χ2n) is 12.4. The van der Waals surface area contributed by atoms with E-state index >= 15 is 0 Å².